The maximum Gasteiger partial charge on any atom is 0.302 e. The Morgan fingerprint density at radius 3 is 2.43 bits per heavy atom. The summed E-state index contributed by atoms with van der Waals surface area (Å²) in [6, 6.07) is 0. The van der Waals surface area contributed by atoms with Crippen molar-refractivity contribution >= 4 is 17.7 Å². The van der Waals surface area contributed by atoms with Crippen molar-refractivity contribution in [2.75, 3.05) is 6.61 Å². The molecule has 4 aliphatic carbocycles. The zero-order chi connectivity index (χ0) is 21.9. The van der Waals surface area contributed by atoms with E-state index in [0.29, 0.717) is 36.6 Å². The molecule has 166 valence electrons. The minimum atomic E-state index is -0.500. The molecule has 0 aliphatic heterocycles. The molecule has 30 heavy (non-hydrogen) atoms. The highest BCUT2D eigenvalue weighted by Crippen LogP contribution is 2.67. The molecule has 0 saturated heterocycles. The molecule has 0 radical (unpaired) electrons. The van der Waals surface area contributed by atoms with E-state index in [-0.39, 0.29) is 28.9 Å². The highest BCUT2D eigenvalue weighted by atomic mass is 16.5. The average Bonchev–Trinajstić information content (AvgIpc) is 2.99. The van der Waals surface area contributed by atoms with Gasteiger partial charge in [0.25, 0.3) is 0 Å². The molecule has 4 rings (SSSR count). The standard InChI is InChI=1S/C25H36O5/c1-15(26)29-14-25-13-11-21(28)23(3,4)20(25)8-6-17-18-7-9-22(30-16(2)27)24(18,5)12-10-19(17)25/h8,17-19,22H,6-7,9-14H2,1-5H3. The highest BCUT2D eigenvalue weighted by Gasteiger charge is 2.63. The van der Waals surface area contributed by atoms with Crippen LogP contribution in [0.15, 0.2) is 11.6 Å². The summed E-state index contributed by atoms with van der Waals surface area (Å²) in [4.78, 5) is 36.2. The number of ether oxygens (including phenoxy) is 2. The predicted molar refractivity (Wildman–Crippen MR) is 112 cm³/mol. The third kappa shape index (κ3) is 3.06. The average molecular weight is 417 g/mol. The van der Waals surface area contributed by atoms with Crippen LogP contribution in [-0.4, -0.2) is 30.4 Å². The summed E-state index contributed by atoms with van der Waals surface area (Å²) in [6.45, 7) is 9.75. The minimum Gasteiger partial charge on any atom is -0.465 e. The van der Waals surface area contributed by atoms with Gasteiger partial charge < -0.3 is 9.47 Å². The molecular formula is C25H36O5. The van der Waals surface area contributed by atoms with Crippen molar-refractivity contribution in [1.29, 1.82) is 0 Å². The van der Waals surface area contributed by atoms with E-state index in [0.717, 1.165) is 38.5 Å². The van der Waals surface area contributed by atoms with E-state index < -0.39 is 5.41 Å². The number of carbonyl (C=O) groups excluding carboxylic acids is 3. The lowest BCUT2D eigenvalue weighted by Crippen LogP contribution is -2.57. The van der Waals surface area contributed by atoms with Crippen LogP contribution in [0.5, 0.6) is 0 Å². The summed E-state index contributed by atoms with van der Waals surface area (Å²) in [5, 5.41) is 0. The summed E-state index contributed by atoms with van der Waals surface area (Å²) < 4.78 is 11.4. The minimum absolute atomic E-state index is 0.000112. The second-order valence-electron chi connectivity index (χ2n) is 10.9. The second kappa shape index (κ2) is 7.20. The number of allylic oxidation sites excluding steroid dienone is 1. The smallest absolute Gasteiger partial charge is 0.302 e. The fraction of sp³-hybridized carbons (Fsp3) is 0.800. The van der Waals surface area contributed by atoms with E-state index in [2.05, 4.69) is 13.0 Å². The first-order chi connectivity index (χ1) is 14.0. The van der Waals surface area contributed by atoms with Crippen molar-refractivity contribution in [2.45, 2.75) is 85.7 Å². The van der Waals surface area contributed by atoms with Crippen LogP contribution in [0, 0.1) is 34.0 Å². The zero-order valence-corrected chi connectivity index (χ0v) is 19.1. The number of hydrogen-bond acceptors (Lipinski definition) is 5. The third-order valence-electron chi connectivity index (χ3n) is 9.20. The molecule has 3 fully saturated rings. The largest absolute Gasteiger partial charge is 0.465 e. The van der Waals surface area contributed by atoms with Crippen LogP contribution in [0.3, 0.4) is 0 Å². The fourth-order valence-electron chi connectivity index (χ4n) is 7.79. The fourth-order valence-corrected chi connectivity index (χ4v) is 7.79. The van der Waals surface area contributed by atoms with E-state index in [1.807, 2.05) is 13.8 Å². The van der Waals surface area contributed by atoms with Crippen molar-refractivity contribution in [3.05, 3.63) is 11.6 Å². The normalized spacial score (nSPS) is 41.8. The Labute approximate surface area is 179 Å². The number of Topliss-reactive ketones (excluding diaryl/α,β-unsaturated/α-hetero) is 1. The van der Waals surface area contributed by atoms with Crippen LogP contribution in [0.4, 0.5) is 0 Å². The van der Waals surface area contributed by atoms with E-state index >= 15 is 0 Å². The molecule has 0 amide bonds. The van der Waals surface area contributed by atoms with Gasteiger partial charge in [0.15, 0.2) is 0 Å². The van der Waals surface area contributed by atoms with Crippen molar-refractivity contribution in [2.24, 2.45) is 34.0 Å². The lowest BCUT2D eigenvalue weighted by atomic mass is 9.44. The number of fused-ring (bicyclic) bond motifs is 5. The Hall–Kier alpha value is -1.65. The van der Waals surface area contributed by atoms with Gasteiger partial charge >= 0.3 is 11.9 Å². The van der Waals surface area contributed by atoms with Gasteiger partial charge in [-0.2, -0.15) is 0 Å². The number of rotatable bonds is 3. The molecule has 0 aromatic rings. The van der Waals surface area contributed by atoms with Gasteiger partial charge in [0.1, 0.15) is 18.5 Å². The Bertz CT molecular complexity index is 795. The molecule has 0 spiro atoms. The monoisotopic (exact) mass is 416 g/mol. The maximum atomic E-state index is 12.8. The molecule has 0 aromatic carbocycles. The Morgan fingerprint density at radius 1 is 1.03 bits per heavy atom. The zero-order valence-electron chi connectivity index (χ0n) is 19.1. The number of ketones is 1. The topological polar surface area (TPSA) is 69.7 Å². The summed E-state index contributed by atoms with van der Waals surface area (Å²) in [7, 11) is 0. The van der Waals surface area contributed by atoms with E-state index in [9.17, 15) is 14.4 Å². The molecule has 3 saturated carbocycles. The molecule has 0 bridgehead atoms. The van der Waals surface area contributed by atoms with Gasteiger partial charge in [-0.05, 0) is 70.1 Å². The third-order valence-corrected chi connectivity index (χ3v) is 9.20. The summed E-state index contributed by atoms with van der Waals surface area (Å²) in [5.74, 6) is 1.23. The number of carbonyl (C=O) groups is 3. The van der Waals surface area contributed by atoms with Crippen LogP contribution >= 0.6 is 0 Å². The summed E-state index contributed by atoms with van der Waals surface area (Å²) >= 11 is 0. The van der Waals surface area contributed by atoms with Gasteiger partial charge in [0.05, 0.1) is 0 Å². The van der Waals surface area contributed by atoms with E-state index in [1.54, 1.807) is 0 Å². The SMILES string of the molecule is CC(=O)OCC12CCC(=O)C(C)(C)C1=CCC1C2CCC2(C)C(OC(C)=O)CCC12. The summed E-state index contributed by atoms with van der Waals surface area (Å²) in [6.07, 6.45) is 8.64. The van der Waals surface area contributed by atoms with Gasteiger partial charge in [0.2, 0.25) is 0 Å². The van der Waals surface area contributed by atoms with Gasteiger partial charge in [-0.1, -0.05) is 18.6 Å². The van der Waals surface area contributed by atoms with Crippen molar-refractivity contribution in [1.82, 2.24) is 0 Å². The van der Waals surface area contributed by atoms with E-state index in [4.69, 9.17) is 9.47 Å². The van der Waals surface area contributed by atoms with Gasteiger partial charge in [-0.15, -0.1) is 0 Å². The van der Waals surface area contributed by atoms with Crippen molar-refractivity contribution in [3.63, 3.8) is 0 Å². The van der Waals surface area contributed by atoms with E-state index in [1.165, 1.54) is 19.4 Å². The first-order valence-electron chi connectivity index (χ1n) is 11.6. The van der Waals surface area contributed by atoms with Crippen molar-refractivity contribution in [3.8, 4) is 0 Å². The van der Waals surface area contributed by atoms with Crippen LogP contribution in [0.1, 0.15) is 79.6 Å². The van der Waals surface area contributed by atoms with Crippen molar-refractivity contribution < 1.29 is 23.9 Å². The lowest BCUT2D eigenvalue weighted by molar-refractivity contribution is -0.160. The molecule has 0 heterocycles. The second-order valence-corrected chi connectivity index (χ2v) is 10.9. The first kappa shape index (κ1) is 21.6. The molecule has 6 atom stereocenters. The van der Waals surface area contributed by atoms with Crippen LogP contribution in [0.2, 0.25) is 0 Å². The maximum absolute atomic E-state index is 12.8. The lowest BCUT2D eigenvalue weighted by Gasteiger charge is -2.60. The van der Waals surface area contributed by atoms with Crippen LogP contribution < -0.4 is 0 Å². The molecule has 5 nitrogen and oxygen atoms in total. The molecular weight excluding hydrogens is 380 g/mol. The van der Waals surface area contributed by atoms with Gasteiger partial charge in [-0.3, -0.25) is 14.4 Å². The first-order valence-corrected chi connectivity index (χ1v) is 11.6. The molecule has 0 N–H and O–H groups in total. The Balaban J connectivity index is 1.72. The van der Waals surface area contributed by atoms with Gasteiger partial charge in [0, 0.05) is 36.5 Å². The quantitative estimate of drug-likeness (QED) is 0.496. The summed E-state index contributed by atoms with van der Waals surface area (Å²) in [5.41, 5.74) is 0.472. The highest BCUT2D eigenvalue weighted by molar-refractivity contribution is 5.89. The molecule has 0 aromatic heterocycles. The molecule has 4 aliphatic rings. The van der Waals surface area contributed by atoms with Crippen LogP contribution in [-0.2, 0) is 23.9 Å². The number of esters is 2. The Morgan fingerprint density at radius 2 is 1.77 bits per heavy atom. The van der Waals surface area contributed by atoms with Crippen LogP contribution in [0.25, 0.3) is 0 Å². The number of hydrogen-bond donors (Lipinski definition) is 0. The predicted octanol–water partition coefficient (Wildman–Crippen LogP) is 4.63. The Kier molecular flexibility index (Phi) is 5.18. The van der Waals surface area contributed by atoms with Gasteiger partial charge in [-0.25, -0.2) is 0 Å². The molecule has 6 unspecified atom stereocenters. The molecule has 5 heteroatoms.